The molecule has 2 bridgehead atoms. The van der Waals surface area contributed by atoms with E-state index in [2.05, 4.69) is 32.5 Å². The molecule has 9 nitrogen and oxygen atoms in total. The number of alkyl halides is 3. The number of ether oxygens (including phenoxy) is 3. The minimum Gasteiger partial charge on any atom is -0.497 e. The van der Waals surface area contributed by atoms with Gasteiger partial charge >= 0.3 is 6.18 Å². The van der Waals surface area contributed by atoms with Crippen LogP contribution in [0, 0.1) is 0 Å². The van der Waals surface area contributed by atoms with Crippen LogP contribution in [0.3, 0.4) is 0 Å². The minimum absolute atomic E-state index is 0.132. The molecule has 49 heavy (non-hydrogen) atoms. The van der Waals surface area contributed by atoms with E-state index >= 15 is 0 Å². The molecule has 1 fully saturated rings. The quantitative estimate of drug-likeness (QED) is 0.211. The molecule has 12 heteroatoms. The number of likely N-dealkylation sites (tertiary alicyclic amines) is 1. The van der Waals surface area contributed by atoms with E-state index in [1.54, 1.807) is 37.7 Å². The van der Waals surface area contributed by atoms with Gasteiger partial charge in [0.05, 0.1) is 24.0 Å². The van der Waals surface area contributed by atoms with Gasteiger partial charge in [-0.25, -0.2) is 15.0 Å². The molecule has 0 amide bonds. The van der Waals surface area contributed by atoms with Gasteiger partial charge in [-0.1, -0.05) is 42.9 Å². The summed E-state index contributed by atoms with van der Waals surface area (Å²) in [6.07, 6.45) is 5.80. The Morgan fingerprint density at radius 2 is 2.00 bits per heavy atom. The molecule has 264 valence electrons. The summed E-state index contributed by atoms with van der Waals surface area (Å²) in [5.74, 6) is 2.03. The number of aliphatic imine (C=N–C) groups is 2. The van der Waals surface area contributed by atoms with Gasteiger partial charge in [0.15, 0.2) is 18.2 Å². The Morgan fingerprint density at radius 1 is 1.24 bits per heavy atom. The molecule has 0 aliphatic carbocycles. The first-order valence-electron chi connectivity index (χ1n) is 16.6. The number of rotatable bonds is 9. The maximum absolute atomic E-state index is 13.4. The van der Waals surface area contributed by atoms with Gasteiger partial charge in [-0.15, -0.1) is 0 Å². The zero-order chi connectivity index (χ0) is 35.6. The molecule has 2 aliphatic heterocycles. The summed E-state index contributed by atoms with van der Waals surface area (Å²) in [5, 5.41) is 0. The first-order chi connectivity index (χ1) is 23.4. The molecular formula is C37H47F3N6O3. The number of allylic oxidation sites excluding steroid dienone is 4. The topological polar surface area (TPSA) is 107 Å². The lowest BCUT2D eigenvalue weighted by Gasteiger charge is -2.29. The second kappa shape index (κ2) is 17.3. The normalized spacial score (nSPS) is 20.8. The van der Waals surface area contributed by atoms with Crippen LogP contribution in [-0.2, 0) is 16.0 Å². The van der Waals surface area contributed by atoms with Crippen LogP contribution in [0.1, 0.15) is 71.2 Å². The van der Waals surface area contributed by atoms with E-state index in [1.807, 2.05) is 33.8 Å². The van der Waals surface area contributed by atoms with Crippen molar-refractivity contribution >= 4 is 23.4 Å². The van der Waals surface area contributed by atoms with Gasteiger partial charge < -0.3 is 19.9 Å². The first-order valence-corrected chi connectivity index (χ1v) is 16.6. The smallest absolute Gasteiger partial charge is 0.422 e. The summed E-state index contributed by atoms with van der Waals surface area (Å²) in [6, 6.07) is 5.20. The molecule has 0 unspecified atom stereocenters. The third-order valence-electron chi connectivity index (χ3n) is 8.15. The van der Waals surface area contributed by atoms with Crippen molar-refractivity contribution in [3.63, 3.8) is 0 Å². The number of hydrogen-bond donors (Lipinski definition) is 1. The van der Waals surface area contributed by atoms with Crippen LogP contribution in [0.15, 0.2) is 75.8 Å². The highest BCUT2D eigenvalue weighted by molar-refractivity contribution is 6.09. The van der Waals surface area contributed by atoms with E-state index in [0.717, 1.165) is 31.5 Å². The van der Waals surface area contributed by atoms with Crippen molar-refractivity contribution in [1.29, 1.82) is 0 Å². The summed E-state index contributed by atoms with van der Waals surface area (Å²) in [5.41, 5.74) is 10.9. The Balaban J connectivity index is 1.87. The fraction of sp³-hybridized carbons (Fsp3) is 0.459. The summed E-state index contributed by atoms with van der Waals surface area (Å²) < 4.78 is 58.0. The minimum atomic E-state index is -4.51. The molecule has 1 aromatic carbocycles. The van der Waals surface area contributed by atoms with E-state index in [1.165, 1.54) is 5.57 Å². The lowest BCUT2D eigenvalue weighted by Crippen LogP contribution is -2.30. The molecule has 3 heterocycles. The van der Waals surface area contributed by atoms with E-state index < -0.39 is 12.8 Å². The van der Waals surface area contributed by atoms with Gasteiger partial charge in [-0.2, -0.15) is 13.2 Å². The van der Waals surface area contributed by atoms with E-state index in [4.69, 9.17) is 24.9 Å². The number of nitrogens with zero attached hydrogens (tertiary/aromatic N) is 5. The van der Waals surface area contributed by atoms with Gasteiger partial charge in [-0.3, -0.25) is 9.89 Å². The highest BCUT2D eigenvalue weighted by atomic mass is 19.4. The predicted molar refractivity (Wildman–Crippen MR) is 189 cm³/mol. The zero-order valence-corrected chi connectivity index (χ0v) is 29.1. The molecule has 0 radical (unpaired) electrons. The lowest BCUT2D eigenvalue weighted by molar-refractivity contribution is -0.153. The van der Waals surface area contributed by atoms with Crippen LogP contribution in [-0.4, -0.2) is 72.5 Å². The third kappa shape index (κ3) is 11.0. The highest BCUT2D eigenvalue weighted by Crippen LogP contribution is 2.35. The van der Waals surface area contributed by atoms with Crippen LogP contribution in [0.25, 0.3) is 16.7 Å². The molecule has 2 aliphatic rings. The first kappa shape index (κ1) is 37.4. The second-order valence-electron chi connectivity index (χ2n) is 12.3. The summed E-state index contributed by atoms with van der Waals surface area (Å²) in [6.45, 7) is 13.0. The van der Waals surface area contributed by atoms with Crippen LogP contribution >= 0.6 is 0 Å². The van der Waals surface area contributed by atoms with Crippen molar-refractivity contribution in [1.82, 2.24) is 14.9 Å². The largest absolute Gasteiger partial charge is 0.497 e. The van der Waals surface area contributed by atoms with Gasteiger partial charge in [0.1, 0.15) is 17.3 Å². The van der Waals surface area contributed by atoms with Gasteiger partial charge in [-0.05, 0) is 45.2 Å². The number of amidine groups is 1. The fourth-order valence-electron chi connectivity index (χ4n) is 5.55. The molecule has 1 saturated heterocycles. The number of fused-ring (bicyclic) bond motifs is 2. The van der Waals surface area contributed by atoms with Crippen molar-refractivity contribution < 1.29 is 27.4 Å². The van der Waals surface area contributed by atoms with Gasteiger partial charge in [0.25, 0.3) is 0 Å². The summed E-state index contributed by atoms with van der Waals surface area (Å²) in [7, 11) is 1.64. The van der Waals surface area contributed by atoms with Crippen molar-refractivity contribution in [2.24, 2.45) is 15.7 Å². The Kier molecular flexibility index (Phi) is 13.2. The van der Waals surface area contributed by atoms with E-state index in [9.17, 15) is 13.2 Å². The molecule has 4 rings (SSSR count). The maximum Gasteiger partial charge on any atom is 0.422 e. The lowest BCUT2D eigenvalue weighted by atomic mass is 10.0. The van der Waals surface area contributed by atoms with Gasteiger partial charge in [0, 0.05) is 75.6 Å². The van der Waals surface area contributed by atoms with Gasteiger partial charge in [0.2, 0.25) is 0 Å². The molecule has 0 spiro atoms. The second-order valence-corrected chi connectivity index (χ2v) is 12.3. The van der Waals surface area contributed by atoms with Crippen molar-refractivity contribution in [3.05, 3.63) is 77.2 Å². The van der Waals surface area contributed by atoms with Crippen LogP contribution < -0.4 is 10.5 Å². The average molecular weight is 681 g/mol. The Hall–Kier alpha value is -4.45. The van der Waals surface area contributed by atoms with Crippen LogP contribution in [0.5, 0.6) is 5.75 Å². The number of benzene rings is 1. The molecular weight excluding hydrogens is 633 g/mol. The van der Waals surface area contributed by atoms with Crippen molar-refractivity contribution in [2.75, 3.05) is 33.4 Å². The molecule has 2 aromatic rings. The summed E-state index contributed by atoms with van der Waals surface area (Å²) in [4.78, 5) is 20.6. The Labute approximate surface area is 287 Å². The standard InChI is InChI=1S/C37H47F3N6O3/c1-7-26-11-14-46(15-12-26)22-28-10-9-27(18-32(28)48-23-37(38,39)40)30-21-43-35-31(20-42-6)33(17-24(3)4)47-16-13-25(5)49-29(8-2)19-34(41)44-36(30)45-35/h7,9-10,18-21,25H,3,8,11-17,22-23H2,1-2,4-6H3,(H2,41,43,44,45)/b29-19+,33-31-,42-20?/t25-/m0/s1. The Morgan fingerprint density at radius 3 is 2.65 bits per heavy atom. The number of nitrogens with two attached hydrogens (primary N) is 1. The zero-order valence-electron chi connectivity index (χ0n) is 29.1. The van der Waals surface area contributed by atoms with E-state index in [-0.39, 0.29) is 23.5 Å². The monoisotopic (exact) mass is 680 g/mol. The van der Waals surface area contributed by atoms with E-state index in [0.29, 0.717) is 72.0 Å². The fourth-order valence-corrected chi connectivity index (χ4v) is 5.55. The molecule has 1 atom stereocenters. The SMILES string of the molecule is C=C(C)C/C1=C(\C=NC)c2ncc(-c3ccc(CN4CCC(=CC)CC4)c(OCC(F)(F)F)c3)c(n2)N=C(N)/C=C(\CC)O[C@@H](C)CCO1. The average Bonchev–Trinajstić information content (AvgIpc) is 3.05. The molecule has 0 saturated carbocycles. The molecule has 1 aromatic heterocycles. The van der Waals surface area contributed by atoms with Crippen LogP contribution in [0.4, 0.5) is 19.0 Å². The molecule has 2 N–H and O–H groups in total. The number of aromatic nitrogens is 2. The maximum atomic E-state index is 13.4. The van der Waals surface area contributed by atoms with Crippen molar-refractivity contribution in [2.45, 2.75) is 78.6 Å². The number of halogens is 3. The predicted octanol–water partition coefficient (Wildman–Crippen LogP) is 8.11. The van der Waals surface area contributed by atoms with Crippen molar-refractivity contribution in [3.8, 4) is 16.9 Å². The van der Waals surface area contributed by atoms with Crippen LogP contribution in [0.2, 0.25) is 0 Å². The highest BCUT2D eigenvalue weighted by Gasteiger charge is 2.29. The number of piperidine rings is 1. The third-order valence-corrected chi connectivity index (χ3v) is 8.15. The Bertz CT molecular complexity index is 1630. The summed E-state index contributed by atoms with van der Waals surface area (Å²) >= 11 is 0. The number of hydrogen-bond acceptors (Lipinski definition) is 9.